The highest BCUT2D eigenvalue weighted by Gasteiger charge is 2.44. The summed E-state index contributed by atoms with van der Waals surface area (Å²) in [6, 6.07) is 95.6. The van der Waals surface area contributed by atoms with E-state index in [4.69, 9.17) is 6.85 Å². The van der Waals surface area contributed by atoms with E-state index in [-0.39, 0.29) is 67.7 Å². The molecule has 0 saturated heterocycles. The van der Waals surface area contributed by atoms with Gasteiger partial charge in [-0.05, 0) is 253 Å². The molecule has 0 atom stereocenters. The Morgan fingerprint density at radius 3 is 1.24 bits per heavy atom. The molecule has 20 rings (SSSR count). The van der Waals surface area contributed by atoms with Gasteiger partial charge in [-0.25, -0.2) is 0 Å². The standard InChI is InChI=1S/C121H114BN5/c1-117(2,3)91-52-59-110-103(72-91)104-73-92(118(4,5)6)53-60-111(104)127(110)98-56-58-107-113(76-98)125(79-105-101(85-39-25-18-26-40-85)74-95(121(13,14)15)75-102(105)86-41-27-19-28-42-86)115-66-82(78-123(96-43-29-20-30-44-96)77-80-49-54-97(55-50-80)126-108-47-33-31-45-99(108)100-46-32-34-48-109(100)126)65-114-116(115)122(107)106-57-51-87(90-68-93(119(7,8)9)71-94(69-90)120(10,11)12)70-112(106)124(114)62-61-81-63-88(83-35-21-16-22-36-83)67-89(64-81)84-37-23-17-24-38-84/h16-60,63-76H,61-62,77-79H2,1-15H3/i20D,29D,30D,31D,32D,33D,34D,43D,44D,45D,46D,47D,48D. The summed E-state index contributed by atoms with van der Waals surface area (Å²) >= 11 is 0. The van der Waals surface area contributed by atoms with Gasteiger partial charge in [-0.15, -0.1) is 0 Å². The van der Waals surface area contributed by atoms with Gasteiger partial charge in [0.15, 0.2) is 0 Å². The van der Waals surface area contributed by atoms with E-state index in [0.717, 1.165) is 139 Å². The van der Waals surface area contributed by atoms with Crippen LogP contribution in [0.25, 0.3) is 111 Å². The van der Waals surface area contributed by atoms with Crippen molar-refractivity contribution < 1.29 is 17.8 Å². The Labute approximate surface area is 770 Å². The Bertz CT molecular complexity index is 7750. The van der Waals surface area contributed by atoms with Crippen LogP contribution in [0.15, 0.2) is 358 Å². The lowest BCUT2D eigenvalue weighted by atomic mass is 9.33. The second kappa shape index (κ2) is 31.9. The fraction of sp³-hybridized carbons (Fsp3) is 0.207. The number of hydrogen-bond donors (Lipinski definition) is 0. The molecule has 0 N–H and O–H groups in total. The van der Waals surface area contributed by atoms with Crippen LogP contribution < -0.4 is 31.1 Å². The SMILES string of the molecule is [2H]c1c([2H])c([2H])c(N(Cc2ccc(-n3c4c([2H])c([2H])c([2H])c([2H])c4c4c([2H])c([2H])c([2H])c([2H])c43)cc2)Cc2cc3c4c(c2)N(Cc2c(-c5ccccc5)cc(C(C)(C)C)cc2-c2ccccc2)c2cc(-n5c6ccc(C(C)(C)C)cc6c6cc(C(C)(C)C)ccc65)ccc2B4c2ccc(-c4cc(C(C)(C)C)cc(C(C)(C)C)c4)cc2N3CCc2cc(-c3ccccc3)cc(-c3ccccc3)c2)c([2H])c1[2H]. The van der Waals surface area contributed by atoms with Crippen molar-refractivity contribution in [2.75, 3.05) is 21.2 Å². The topological polar surface area (TPSA) is 19.6 Å². The van der Waals surface area contributed by atoms with Gasteiger partial charge in [-0.3, -0.25) is 0 Å². The maximum Gasteiger partial charge on any atom is 0.252 e. The summed E-state index contributed by atoms with van der Waals surface area (Å²) < 4.78 is 126. The number of anilines is 5. The van der Waals surface area contributed by atoms with Crippen molar-refractivity contribution in [3.63, 3.8) is 0 Å². The maximum atomic E-state index is 10.1. The number of nitrogens with zero attached hydrogens (tertiary/aromatic N) is 5. The third kappa shape index (κ3) is 15.5. The molecule has 16 aromatic carbocycles. The molecule has 0 saturated carbocycles. The highest BCUT2D eigenvalue weighted by molar-refractivity contribution is 7.00. The molecule has 0 spiro atoms. The first-order valence-electron chi connectivity index (χ1n) is 51.2. The first-order chi connectivity index (χ1) is 66.5. The van der Waals surface area contributed by atoms with Crippen LogP contribution in [0.1, 0.15) is 172 Å². The second-order valence-corrected chi connectivity index (χ2v) is 40.0. The molecule has 0 aliphatic carbocycles. The molecule has 6 heteroatoms. The zero-order valence-electron chi connectivity index (χ0n) is 88.4. The number of hydrogen-bond acceptors (Lipinski definition) is 3. The molecule has 127 heavy (non-hydrogen) atoms. The quantitative estimate of drug-likeness (QED) is 0.0847. The molecule has 2 aromatic heterocycles. The molecule has 626 valence electrons. The average molecular weight is 1660 g/mol. The van der Waals surface area contributed by atoms with E-state index < -0.39 is 85.3 Å². The van der Waals surface area contributed by atoms with Crippen LogP contribution in [0.4, 0.5) is 28.4 Å². The van der Waals surface area contributed by atoms with E-state index in [2.05, 4.69) is 373 Å². The van der Waals surface area contributed by atoms with E-state index in [1.54, 1.807) is 12.1 Å². The van der Waals surface area contributed by atoms with Gasteiger partial charge in [-0.2, -0.15) is 0 Å². The molecular formula is C121H114BN5. The Hall–Kier alpha value is -13.4. The lowest BCUT2D eigenvalue weighted by Gasteiger charge is -2.45. The number of para-hydroxylation sites is 3. The largest absolute Gasteiger partial charge is 0.363 e. The molecule has 2 aliphatic rings. The first-order valence-corrected chi connectivity index (χ1v) is 44.7. The summed E-state index contributed by atoms with van der Waals surface area (Å²) in [5.74, 6) is 0. The predicted octanol–water partition coefficient (Wildman–Crippen LogP) is 29.8. The van der Waals surface area contributed by atoms with Gasteiger partial charge in [-0.1, -0.05) is 364 Å². The van der Waals surface area contributed by atoms with E-state index in [9.17, 15) is 11.0 Å². The molecule has 4 heterocycles. The van der Waals surface area contributed by atoms with Crippen LogP contribution >= 0.6 is 0 Å². The molecule has 18 aromatic rings. The second-order valence-electron chi connectivity index (χ2n) is 40.0. The van der Waals surface area contributed by atoms with Gasteiger partial charge in [0, 0.05) is 87.5 Å². The summed E-state index contributed by atoms with van der Waals surface area (Å²) in [7, 11) is 0. The summed E-state index contributed by atoms with van der Waals surface area (Å²) in [5, 5.41) is 2.22. The van der Waals surface area contributed by atoms with Crippen LogP contribution in [0.5, 0.6) is 0 Å². The van der Waals surface area contributed by atoms with Crippen LogP contribution in [-0.4, -0.2) is 22.4 Å². The number of rotatable bonds is 17. The average Bonchev–Trinajstić information content (AvgIpc) is 1.05. The van der Waals surface area contributed by atoms with Gasteiger partial charge in [0.25, 0.3) is 6.71 Å². The molecular weight excluding hydrogens is 1530 g/mol. The highest BCUT2D eigenvalue weighted by Crippen LogP contribution is 2.48. The van der Waals surface area contributed by atoms with Crippen molar-refractivity contribution in [3.8, 4) is 67.0 Å². The first kappa shape index (κ1) is 67.9. The predicted molar refractivity (Wildman–Crippen MR) is 546 cm³/mol. The Kier molecular flexibility index (Phi) is 17.1. The normalized spacial score (nSPS) is 14.4. The van der Waals surface area contributed by atoms with Crippen molar-refractivity contribution in [1.82, 2.24) is 9.13 Å². The molecule has 5 nitrogen and oxygen atoms in total. The van der Waals surface area contributed by atoms with Crippen LogP contribution in [-0.2, 0) is 53.1 Å². The Balaban J connectivity index is 0.888. The minimum Gasteiger partial charge on any atom is -0.363 e. The monoisotopic (exact) mass is 1660 g/mol. The van der Waals surface area contributed by atoms with Gasteiger partial charge in [0.05, 0.1) is 39.9 Å². The molecule has 0 fully saturated rings. The summed E-state index contributed by atoms with van der Waals surface area (Å²) in [6.07, 6.45) is 0.574. The zero-order chi connectivity index (χ0) is 98.9. The zero-order valence-corrected chi connectivity index (χ0v) is 75.4. The molecule has 0 amide bonds. The number of aromatic nitrogens is 2. The van der Waals surface area contributed by atoms with Crippen LogP contribution in [0, 0.1) is 0 Å². The van der Waals surface area contributed by atoms with E-state index in [0.29, 0.717) is 30.8 Å². The van der Waals surface area contributed by atoms with Gasteiger partial charge in [0.1, 0.15) is 0 Å². The summed E-state index contributed by atoms with van der Waals surface area (Å²) in [4.78, 5) is 7.02. The fourth-order valence-corrected chi connectivity index (χ4v) is 19.2. The highest BCUT2D eigenvalue weighted by atomic mass is 15.2. The minimum atomic E-state index is -0.548. The number of fused-ring (bicyclic) bond motifs is 10. The van der Waals surface area contributed by atoms with Crippen molar-refractivity contribution in [3.05, 3.63) is 408 Å². The lowest BCUT2D eigenvalue weighted by molar-refractivity contribution is 0.569. The van der Waals surface area contributed by atoms with Crippen molar-refractivity contribution in [2.24, 2.45) is 0 Å². The fourth-order valence-electron chi connectivity index (χ4n) is 19.2. The van der Waals surface area contributed by atoms with Gasteiger partial charge < -0.3 is 23.8 Å². The summed E-state index contributed by atoms with van der Waals surface area (Å²) in [5.41, 5.74) is 29.9. The number of benzene rings is 16. The third-order valence-corrected chi connectivity index (χ3v) is 26.3. The van der Waals surface area contributed by atoms with E-state index in [1.807, 2.05) is 17.0 Å². The van der Waals surface area contributed by atoms with E-state index in [1.165, 1.54) is 32.4 Å². The smallest absolute Gasteiger partial charge is 0.252 e. The van der Waals surface area contributed by atoms with Gasteiger partial charge >= 0.3 is 0 Å². The molecule has 0 radical (unpaired) electrons. The van der Waals surface area contributed by atoms with Gasteiger partial charge in [0.2, 0.25) is 0 Å². The van der Waals surface area contributed by atoms with Crippen molar-refractivity contribution in [1.29, 1.82) is 0 Å². The minimum absolute atomic E-state index is 0.0291. The molecule has 2 aliphatic heterocycles. The molecule has 0 bridgehead atoms. The Morgan fingerprint density at radius 2 is 0.724 bits per heavy atom. The Morgan fingerprint density at radius 1 is 0.291 bits per heavy atom. The molecule has 0 unspecified atom stereocenters. The van der Waals surface area contributed by atoms with Crippen LogP contribution in [0.3, 0.4) is 0 Å². The van der Waals surface area contributed by atoms with Crippen LogP contribution in [0.2, 0.25) is 0 Å². The maximum absolute atomic E-state index is 10.1. The van der Waals surface area contributed by atoms with Crippen molar-refractivity contribution in [2.45, 2.75) is 157 Å². The summed E-state index contributed by atoms with van der Waals surface area (Å²) in [6.45, 7) is 34.6. The lowest BCUT2D eigenvalue weighted by Crippen LogP contribution is -2.62. The third-order valence-electron chi connectivity index (χ3n) is 26.3. The van der Waals surface area contributed by atoms with Crippen molar-refractivity contribution >= 4 is 95.1 Å². The van der Waals surface area contributed by atoms with E-state index >= 15 is 0 Å².